The Labute approximate surface area is 168 Å². The first kappa shape index (κ1) is 21.5. The molecule has 0 unspecified atom stereocenters. The Bertz CT molecular complexity index is 788. The number of nitrogens with one attached hydrogen (secondary N) is 1. The van der Waals surface area contributed by atoms with Gasteiger partial charge >= 0.3 is 0 Å². The average molecular weight is 417 g/mol. The van der Waals surface area contributed by atoms with Crippen molar-refractivity contribution in [2.24, 2.45) is 0 Å². The highest BCUT2D eigenvalue weighted by molar-refractivity contribution is 6.37. The van der Waals surface area contributed by atoms with E-state index in [1.165, 1.54) is 0 Å². The summed E-state index contributed by atoms with van der Waals surface area (Å²) >= 11 is 12.4. The topological polar surface area (TPSA) is 63.6 Å². The van der Waals surface area contributed by atoms with Gasteiger partial charge in [0.2, 0.25) is 5.95 Å². The predicted molar refractivity (Wildman–Crippen MR) is 106 cm³/mol. The number of nitrogens with zero attached hydrogens (tertiary/aromatic N) is 1. The van der Waals surface area contributed by atoms with Gasteiger partial charge in [-0.15, -0.1) is 0 Å². The summed E-state index contributed by atoms with van der Waals surface area (Å²) in [6.07, 6.45) is 0.718. The molecule has 0 amide bonds. The summed E-state index contributed by atoms with van der Waals surface area (Å²) in [6.45, 7) is 4.98. The number of anilines is 1. The zero-order valence-electron chi connectivity index (χ0n) is 15.5. The molecule has 27 heavy (non-hydrogen) atoms. The van der Waals surface area contributed by atoms with E-state index in [0.29, 0.717) is 24.5 Å². The Morgan fingerprint density at radius 3 is 2.67 bits per heavy atom. The van der Waals surface area contributed by atoms with Crippen molar-refractivity contribution in [3.8, 4) is 11.5 Å². The Balaban J connectivity index is 2.18. The molecule has 1 aromatic carbocycles. The van der Waals surface area contributed by atoms with Gasteiger partial charge in [0.05, 0.1) is 5.02 Å². The van der Waals surface area contributed by atoms with Crippen molar-refractivity contribution in [1.29, 1.82) is 0 Å². The first-order valence-electron chi connectivity index (χ1n) is 8.57. The van der Waals surface area contributed by atoms with Crippen molar-refractivity contribution in [3.63, 3.8) is 0 Å². The molecule has 148 valence electrons. The molecule has 1 aromatic heterocycles. The summed E-state index contributed by atoms with van der Waals surface area (Å²) < 4.78 is 24.8. The molecule has 2 aromatic rings. The van der Waals surface area contributed by atoms with Crippen molar-refractivity contribution in [2.45, 2.75) is 32.8 Å². The van der Waals surface area contributed by atoms with E-state index in [2.05, 4.69) is 10.3 Å². The lowest BCUT2D eigenvalue weighted by Gasteiger charge is -2.15. The fourth-order valence-electron chi connectivity index (χ4n) is 2.47. The van der Waals surface area contributed by atoms with Gasteiger partial charge in [0.25, 0.3) is 0 Å². The fourth-order valence-corrected chi connectivity index (χ4v) is 2.97. The number of rotatable bonds is 9. The highest BCUT2D eigenvalue weighted by Crippen LogP contribution is 2.34. The molecule has 0 spiro atoms. The van der Waals surface area contributed by atoms with E-state index < -0.39 is 5.95 Å². The van der Waals surface area contributed by atoms with Crippen LogP contribution in [-0.4, -0.2) is 30.4 Å². The van der Waals surface area contributed by atoms with E-state index in [9.17, 15) is 9.50 Å². The lowest BCUT2D eigenvalue weighted by Crippen LogP contribution is -2.10. The molecule has 0 aliphatic heterocycles. The van der Waals surface area contributed by atoms with Crippen molar-refractivity contribution in [1.82, 2.24) is 4.98 Å². The van der Waals surface area contributed by atoms with Crippen molar-refractivity contribution < 1.29 is 19.0 Å². The molecule has 0 atom stereocenters. The molecule has 0 saturated carbocycles. The van der Waals surface area contributed by atoms with Gasteiger partial charge in [-0.1, -0.05) is 37.0 Å². The first-order chi connectivity index (χ1) is 12.8. The normalized spacial score (nSPS) is 11.1. The second-order valence-corrected chi connectivity index (χ2v) is 7.05. The van der Waals surface area contributed by atoms with Gasteiger partial charge in [-0.25, -0.2) is 0 Å². The van der Waals surface area contributed by atoms with E-state index in [4.69, 9.17) is 32.7 Å². The second-order valence-electron chi connectivity index (χ2n) is 6.29. The molecule has 1 heterocycles. The highest BCUT2D eigenvalue weighted by atomic mass is 35.5. The van der Waals surface area contributed by atoms with Crippen LogP contribution >= 0.6 is 23.2 Å². The lowest BCUT2D eigenvalue weighted by atomic mass is 10.0. The largest absolute Gasteiger partial charge is 0.508 e. The summed E-state index contributed by atoms with van der Waals surface area (Å²) in [4.78, 5) is 3.76. The minimum atomic E-state index is -0.817. The van der Waals surface area contributed by atoms with Crippen LogP contribution in [0.3, 0.4) is 0 Å². The molecule has 2 N–H and O–H groups in total. The third kappa shape index (κ3) is 5.61. The molecule has 0 fully saturated rings. The van der Waals surface area contributed by atoms with E-state index in [1.54, 1.807) is 25.3 Å². The quantitative estimate of drug-likeness (QED) is 0.424. The van der Waals surface area contributed by atoms with Gasteiger partial charge in [0.15, 0.2) is 0 Å². The van der Waals surface area contributed by atoms with Gasteiger partial charge in [-0.3, -0.25) is 0 Å². The number of aromatic hydroxyl groups is 1. The molecule has 0 aliphatic carbocycles. The number of methoxy groups -OCH3 is 1. The number of hydrogen-bond acceptors (Lipinski definition) is 5. The summed E-state index contributed by atoms with van der Waals surface area (Å²) in [6, 6.07) is 4.93. The fraction of sp³-hybridized carbons (Fsp3) is 0.421. The van der Waals surface area contributed by atoms with Crippen LogP contribution in [0, 0.1) is 5.95 Å². The maximum atomic E-state index is 14.1. The average Bonchev–Trinajstić information content (AvgIpc) is 2.63. The van der Waals surface area contributed by atoms with Crippen LogP contribution in [0.2, 0.25) is 10.0 Å². The summed E-state index contributed by atoms with van der Waals surface area (Å²) in [7, 11) is 1.61. The van der Waals surface area contributed by atoms with Gasteiger partial charge in [0, 0.05) is 31.4 Å². The summed E-state index contributed by atoms with van der Waals surface area (Å²) in [5.74, 6) is 0.243. The molecule has 8 heteroatoms. The van der Waals surface area contributed by atoms with Crippen LogP contribution in [0.15, 0.2) is 18.2 Å². The molecule has 0 radical (unpaired) electrons. The van der Waals surface area contributed by atoms with Crippen LogP contribution in [-0.2, 0) is 11.3 Å². The van der Waals surface area contributed by atoms with Crippen molar-refractivity contribution in [3.05, 3.63) is 45.3 Å². The Morgan fingerprint density at radius 2 is 2.00 bits per heavy atom. The Morgan fingerprint density at radius 1 is 1.26 bits per heavy atom. The highest BCUT2D eigenvalue weighted by Gasteiger charge is 2.18. The van der Waals surface area contributed by atoms with Crippen LogP contribution in [0.5, 0.6) is 11.5 Å². The maximum absolute atomic E-state index is 14.1. The molecule has 0 saturated heterocycles. The SMILES string of the molecule is COCCCNc1nc(F)c(Cl)c(COc2ccc(O)c(C(C)C)c2)c1Cl. The predicted octanol–water partition coefficient (Wildman–Crippen LogP) is 5.38. The summed E-state index contributed by atoms with van der Waals surface area (Å²) in [5, 5.41) is 12.9. The number of aromatic nitrogens is 1. The van der Waals surface area contributed by atoms with Gasteiger partial charge in [-0.2, -0.15) is 9.37 Å². The van der Waals surface area contributed by atoms with Crippen LogP contribution in [0.25, 0.3) is 0 Å². The smallest absolute Gasteiger partial charge is 0.234 e. The first-order valence-corrected chi connectivity index (χ1v) is 9.32. The number of benzene rings is 1. The Hall–Kier alpha value is -1.76. The van der Waals surface area contributed by atoms with E-state index >= 15 is 0 Å². The summed E-state index contributed by atoms with van der Waals surface area (Å²) in [5.41, 5.74) is 1.06. The standard InChI is InChI=1S/C19H23Cl2FN2O3/c1-11(2)13-9-12(5-6-15(13)25)27-10-14-16(20)18(22)24-19(17(14)21)23-7-4-8-26-3/h5-6,9,11,25H,4,7-8,10H2,1-3H3,(H,23,24). The van der Waals surface area contributed by atoms with E-state index in [1.807, 2.05) is 13.8 Å². The molecular weight excluding hydrogens is 394 g/mol. The van der Waals surface area contributed by atoms with Crippen LogP contribution < -0.4 is 10.1 Å². The van der Waals surface area contributed by atoms with E-state index in [0.717, 1.165) is 12.0 Å². The number of phenolic OH excluding ortho intramolecular Hbond substituents is 1. The third-order valence-electron chi connectivity index (χ3n) is 3.95. The maximum Gasteiger partial charge on any atom is 0.234 e. The molecule has 0 bridgehead atoms. The molecule has 2 rings (SSSR count). The number of phenols is 1. The van der Waals surface area contributed by atoms with Gasteiger partial charge in [-0.05, 0) is 30.5 Å². The Kier molecular flexibility index (Phi) is 7.95. The zero-order valence-corrected chi connectivity index (χ0v) is 17.0. The molecule has 5 nitrogen and oxygen atoms in total. The monoisotopic (exact) mass is 416 g/mol. The minimum absolute atomic E-state index is 0.0355. The lowest BCUT2D eigenvalue weighted by molar-refractivity contribution is 0.197. The number of ether oxygens (including phenoxy) is 2. The van der Waals surface area contributed by atoms with Crippen molar-refractivity contribution >= 4 is 29.0 Å². The number of hydrogen-bond donors (Lipinski definition) is 2. The zero-order chi connectivity index (χ0) is 20.0. The van der Waals surface area contributed by atoms with Crippen LogP contribution in [0.1, 0.15) is 37.3 Å². The van der Waals surface area contributed by atoms with Crippen LogP contribution in [0.4, 0.5) is 10.2 Å². The number of pyridine rings is 1. The van der Waals surface area contributed by atoms with Gasteiger partial charge < -0.3 is 19.9 Å². The molecule has 0 aliphatic rings. The van der Waals surface area contributed by atoms with Crippen molar-refractivity contribution in [2.75, 3.05) is 25.6 Å². The number of halogens is 3. The molecular formula is C19H23Cl2FN2O3. The van der Waals surface area contributed by atoms with Gasteiger partial charge in [0.1, 0.15) is 28.9 Å². The van der Waals surface area contributed by atoms with E-state index in [-0.39, 0.29) is 34.1 Å². The minimum Gasteiger partial charge on any atom is -0.508 e. The second kappa shape index (κ2) is 9.97. The third-order valence-corrected chi connectivity index (χ3v) is 4.74.